The van der Waals surface area contributed by atoms with Crippen LogP contribution in [0.15, 0.2) is 79.4 Å². The molecule has 144 valence electrons. The Morgan fingerprint density at radius 1 is 0.966 bits per heavy atom. The van der Waals surface area contributed by atoms with Gasteiger partial charge < -0.3 is 4.90 Å². The first kappa shape index (κ1) is 18.7. The van der Waals surface area contributed by atoms with Gasteiger partial charge in [0.2, 0.25) is 0 Å². The molecule has 0 bridgehead atoms. The minimum atomic E-state index is 0.00427. The minimum Gasteiger partial charge on any atom is -0.334 e. The van der Waals surface area contributed by atoms with Crippen LogP contribution < -0.4 is 0 Å². The summed E-state index contributed by atoms with van der Waals surface area (Å²) in [6, 6.07) is 17.4. The summed E-state index contributed by atoms with van der Waals surface area (Å²) in [6.45, 7) is 3.29. The first-order valence-corrected chi connectivity index (χ1v) is 9.74. The van der Waals surface area contributed by atoms with Crippen molar-refractivity contribution >= 4 is 16.8 Å². The fourth-order valence-electron chi connectivity index (χ4n) is 3.43. The quantitative estimate of drug-likeness (QED) is 0.483. The second-order valence-corrected chi connectivity index (χ2v) is 6.90. The van der Waals surface area contributed by atoms with Gasteiger partial charge in [-0.2, -0.15) is 0 Å². The second-order valence-electron chi connectivity index (χ2n) is 6.90. The molecule has 0 radical (unpaired) electrons. The fraction of sp³-hybridized carbons (Fsp3) is 0.167. The summed E-state index contributed by atoms with van der Waals surface area (Å²) >= 11 is 0. The van der Waals surface area contributed by atoms with Crippen molar-refractivity contribution in [3.05, 3.63) is 90.5 Å². The summed E-state index contributed by atoms with van der Waals surface area (Å²) in [5.74, 6) is 0.00427. The number of fused-ring (bicyclic) bond motifs is 1. The Hall–Kier alpha value is -3.60. The van der Waals surface area contributed by atoms with E-state index in [0.29, 0.717) is 18.7 Å². The highest BCUT2D eigenvalue weighted by atomic mass is 16.2. The molecule has 4 rings (SSSR count). The predicted octanol–water partition coefficient (Wildman–Crippen LogP) is 4.74. The number of hydrogen-bond donors (Lipinski definition) is 0. The zero-order valence-electron chi connectivity index (χ0n) is 16.3. The van der Waals surface area contributed by atoms with Gasteiger partial charge in [0.15, 0.2) is 0 Å². The van der Waals surface area contributed by atoms with Crippen LogP contribution in [-0.4, -0.2) is 32.3 Å². The highest BCUT2D eigenvalue weighted by molar-refractivity contribution is 6.07. The van der Waals surface area contributed by atoms with Crippen LogP contribution in [0.3, 0.4) is 0 Å². The van der Waals surface area contributed by atoms with Crippen molar-refractivity contribution in [3.63, 3.8) is 0 Å². The third-order valence-electron chi connectivity index (χ3n) is 4.80. The van der Waals surface area contributed by atoms with Crippen LogP contribution in [0.5, 0.6) is 0 Å². The fourth-order valence-corrected chi connectivity index (χ4v) is 3.43. The Morgan fingerprint density at radius 2 is 1.79 bits per heavy atom. The van der Waals surface area contributed by atoms with Gasteiger partial charge in [-0.15, -0.1) is 0 Å². The summed E-state index contributed by atoms with van der Waals surface area (Å²) in [7, 11) is 0. The average Bonchev–Trinajstić information content (AvgIpc) is 2.79. The van der Waals surface area contributed by atoms with Crippen molar-refractivity contribution < 1.29 is 4.79 Å². The molecule has 0 N–H and O–H groups in total. The van der Waals surface area contributed by atoms with Gasteiger partial charge in [0.1, 0.15) is 0 Å². The van der Waals surface area contributed by atoms with Gasteiger partial charge in [-0.3, -0.25) is 14.8 Å². The standard InChI is InChI=1S/C24H22N4O/c1-2-14-28(17-18-6-5-11-26-16-18)24(29)21-15-23(19-9-12-25-13-10-19)27-22-8-4-3-7-20(21)22/h3-13,15-16H,2,14,17H2,1H3. The molecule has 0 saturated carbocycles. The molecule has 0 aliphatic rings. The average molecular weight is 382 g/mol. The molecule has 4 aromatic rings. The van der Waals surface area contributed by atoms with Gasteiger partial charge in [-0.1, -0.05) is 31.2 Å². The molecule has 3 heterocycles. The highest BCUT2D eigenvalue weighted by Gasteiger charge is 2.20. The molecular formula is C24H22N4O. The summed E-state index contributed by atoms with van der Waals surface area (Å²) in [4.78, 5) is 28.5. The maximum atomic E-state index is 13.6. The van der Waals surface area contributed by atoms with E-state index in [9.17, 15) is 4.79 Å². The lowest BCUT2D eigenvalue weighted by atomic mass is 10.0. The van der Waals surface area contributed by atoms with Gasteiger partial charge in [0.05, 0.1) is 16.8 Å². The van der Waals surface area contributed by atoms with Crippen LogP contribution in [0.25, 0.3) is 22.2 Å². The van der Waals surface area contributed by atoms with Gasteiger partial charge in [0.25, 0.3) is 5.91 Å². The SMILES string of the molecule is CCCN(Cc1cccnc1)C(=O)c1cc(-c2ccncc2)nc2ccccc12. The number of hydrogen-bond acceptors (Lipinski definition) is 4. The molecule has 0 aliphatic heterocycles. The molecule has 5 nitrogen and oxygen atoms in total. The zero-order valence-corrected chi connectivity index (χ0v) is 16.3. The number of benzene rings is 1. The van der Waals surface area contributed by atoms with E-state index in [1.54, 1.807) is 18.6 Å². The van der Waals surface area contributed by atoms with Crippen molar-refractivity contribution in [2.24, 2.45) is 0 Å². The van der Waals surface area contributed by atoms with E-state index in [2.05, 4.69) is 16.9 Å². The lowest BCUT2D eigenvalue weighted by molar-refractivity contribution is 0.0745. The van der Waals surface area contributed by atoms with E-state index in [0.717, 1.165) is 34.1 Å². The second kappa shape index (κ2) is 8.61. The van der Waals surface area contributed by atoms with E-state index in [-0.39, 0.29) is 5.91 Å². The number of rotatable bonds is 6. The van der Waals surface area contributed by atoms with E-state index < -0.39 is 0 Å². The lowest BCUT2D eigenvalue weighted by Gasteiger charge is -2.23. The molecular weight excluding hydrogens is 360 g/mol. The molecule has 0 unspecified atom stereocenters. The molecule has 0 spiro atoms. The number of para-hydroxylation sites is 1. The van der Waals surface area contributed by atoms with Crippen LogP contribution in [0.1, 0.15) is 29.3 Å². The summed E-state index contributed by atoms with van der Waals surface area (Å²) in [5.41, 5.74) is 4.20. The smallest absolute Gasteiger partial charge is 0.254 e. The van der Waals surface area contributed by atoms with Gasteiger partial charge in [-0.25, -0.2) is 4.98 Å². The van der Waals surface area contributed by atoms with E-state index >= 15 is 0 Å². The zero-order chi connectivity index (χ0) is 20.1. The number of carbonyl (C=O) groups is 1. The number of aromatic nitrogens is 3. The van der Waals surface area contributed by atoms with Crippen molar-refractivity contribution in [3.8, 4) is 11.3 Å². The maximum absolute atomic E-state index is 13.6. The molecule has 3 aromatic heterocycles. The van der Waals surface area contributed by atoms with Crippen LogP contribution in [0.4, 0.5) is 0 Å². The summed E-state index contributed by atoms with van der Waals surface area (Å²) in [5, 5.41) is 0.864. The lowest BCUT2D eigenvalue weighted by Crippen LogP contribution is -2.31. The van der Waals surface area contributed by atoms with Crippen molar-refractivity contribution in [1.82, 2.24) is 19.9 Å². The number of nitrogens with zero attached hydrogens (tertiary/aromatic N) is 4. The first-order valence-electron chi connectivity index (χ1n) is 9.74. The Balaban J connectivity index is 1.79. The number of amides is 1. The third-order valence-corrected chi connectivity index (χ3v) is 4.80. The van der Waals surface area contributed by atoms with Crippen molar-refractivity contribution in [2.75, 3.05) is 6.54 Å². The van der Waals surface area contributed by atoms with Crippen molar-refractivity contribution in [1.29, 1.82) is 0 Å². The van der Waals surface area contributed by atoms with Gasteiger partial charge in [-0.05, 0) is 42.3 Å². The van der Waals surface area contributed by atoms with Crippen LogP contribution in [0.2, 0.25) is 0 Å². The molecule has 0 fully saturated rings. The normalized spacial score (nSPS) is 10.8. The minimum absolute atomic E-state index is 0.00427. The molecule has 1 amide bonds. The Bertz CT molecular complexity index is 1110. The van der Waals surface area contributed by atoms with E-state index in [1.807, 2.05) is 65.7 Å². The Labute approximate surface area is 170 Å². The predicted molar refractivity (Wildman–Crippen MR) is 114 cm³/mol. The summed E-state index contributed by atoms with van der Waals surface area (Å²) in [6.07, 6.45) is 7.90. The van der Waals surface area contributed by atoms with Crippen LogP contribution >= 0.6 is 0 Å². The Kier molecular flexibility index (Phi) is 5.56. The van der Waals surface area contributed by atoms with Gasteiger partial charge in [0, 0.05) is 48.8 Å². The van der Waals surface area contributed by atoms with E-state index in [1.165, 1.54) is 0 Å². The first-order chi connectivity index (χ1) is 14.3. The van der Waals surface area contributed by atoms with E-state index in [4.69, 9.17) is 4.98 Å². The largest absolute Gasteiger partial charge is 0.334 e. The molecule has 5 heteroatoms. The topological polar surface area (TPSA) is 59.0 Å². The molecule has 0 saturated heterocycles. The molecule has 29 heavy (non-hydrogen) atoms. The van der Waals surface area contributed by atoms with Crippen LogP contribution in [0, 0.1) is 0 Å². The monoisotopic (exact) mass is 382 g/mol. The van der Waals surface area contributed by atoms with Gasteiger partial charge >= 0.3 is 0 Å². The molecule has 1 aromatic carbocycles. The molecule has 0 atom stereocenters. The third kappa shape index (κ3) is 4.14. The number of carbonyl (C=O) groups excluding carboxylic acids is 1. The van der Waals surface area contributed by atoms with Crippen molar-refractivity contribution in [2.45, 2.75) is 19.9 Å². The summed E-state index contributed by atoms with van der Waals surface area (Å²) < 4.78 is 0. The molecule has 0 aliphatic carbocycles. The van der Waals surface area contributed by atoms with Crippen LogP contribution in [-0.2, 0) is 6.54 Å². The number of pyridine rings is 3. The Morgan fingerprint density at radius 3 is 2.55 bits per heavy atom. The maximum Gasteiger partial charge on any atom is 0.254 e. The highest BCUT2D eigenvalue weighted by Crippen LogP contribution is 2.26.